The molecule has 0 saturated carbocycles. The highest BCUT2D eigenvalue weighted by atomic mass is 15.1. The summed E-state index contributed by atoms with van der Waals surface area (Å²) in [6.45, 7) is 1.99. The van der Waals surface area contributed by atoms with E-state index in [1.165, 1.54) is 0 Å². The summed E-state index contributed by atoms with van der Waals surface area (Å²) in [5.74, 6) is 0.969. The van der Waals surface area contributed by atoms with Gasteiger partial charge in [-0.1, -0.05) is 12.1 Å². The lowest BCUT2D eigenvalue weighted by Gasteiger charge is -2.02. The van der Waals surface area contributed by atoms with Crippen molar-refractivity contribution in [3.63, 3.8) is 0 Å². The van der Waals surface area contributed by atoms with Gasteiger partial charge in [0.25, 0.3) is 0 Å². The molecule has 0 amide bonds. The normalized spacial score (nSPS) is 11.2. The van der Waals surface area contributed by atoms with Crippen molar-refractivity contribution in [1.29, 1.82) is 0 Å². The average molecular weight is 183 g/mol. The van der Waals surface area contributed by atoms with Crippen molar-refractivity contribution >= 4 is 16.6 Å². The number of rotatable bonds is 0. The Kier molecular flexibility index (Phi) is 1.36. The second-order valence-electron chi connectivity index (χ2n) is 3.30. The molecule has 2 heterocycles. The highest BCUT2D eigenvalue weighted by Gasteiger charge is 2.03. The molecular weight excluding hydrogens is 174 g/mol. The minimum atomic E-state index is 0.969. The number of benzene rings is 1. The fourth-order valence-corrected chi connectivity index (χ4v) is 1.75. The molecule has 0 bridgehead atoms. The molecular formula is C11H9N3. The van der Waals surface area contributed by atoms with E-state index in [1.54, 1.807) is 6.20 Å². The number of hydrogen-bond acceptors (Lipinski definition) is 2. The Labute approximate surface area is 81.0 Å². The molecule has 3 nitrogen and oxygen atoms in total. The molecule has 14 heavy (non-hydrogen) atoms. The lowest BCUT2D eigenvalue weighted by Crippen LogP contribution is -1.95. The van der Waals surface area contributed by atoms with E-state index < -0.39 is 0 Å². The molecule has 0 N–H and O–H groups in total. The highest BCUT2D eigenvalue weighted by Crippen LogP contribution is 2.17. The standard InChI is InChI=1S/C11H9N3/c1-8-13-10-5-3-2-4-9(10)11-12-6-7-14(8)11/h2-7H,1H3. The van der Waals surface area contributed by atoms with Gasteiger partial charge in [-0.15, -0.1) is 0 Å². The molecule has 3 aromatic rings. The minimum Gasteiger partial charge on any atom is -0.288 e. The molecule has 68 valence electrons. The van der Waals surface area contributed by atoms with Gasteiger partial charge in [-0.2, -0.15) is 0 Å². The number of fused-ring (bicyclic) bond motifs is 3. The number of nitrogens with zero attached hydrogens (tertiary/aromatic N) is 3. The van der Waals surface area contributed by atoms with Crippen LogP contribution in [0.5, 0.6) is 0 Å². The van der Waals surface area contributed by atoms with Crippen molar-refractivity contribution in [3.05, 3.63) is 42.5 Å². The Bertz CT molecular complexity index is 610. The van der Waals surface area contributed by atoms with Crippen LogP contribution < -0.4 is 0 Å². The first-order valence-electron chi connectivity index (χ1n) is 4.55. The van der Waals surface area contributed by atoms with Crippen molar-refractivity contribution in [3.8, 4) is 0 Å². The summed E-state index contributed by atoms with van der Waals surface area (Å²) in [5, 5.41) is 1.10. The maximum atomic E-state index is 4.50. The fourth-order valence-electron chi connectivity index (χ4n) is 1.75. The van der Waals surface area contributed by atoms with Crippen LogP contribution in [-0.2, 0) is 0 Å². The number of aromatic nitrogens is 3. The smallest absolute Gasteiger partial charge is 0.147 e. The van der Waals surface area contributed by atoms with E-state index in [2.05, 4.69) is 9.97 Å². The van der Waals surface area contributed by atoms with Crippen LogP contribution in [0.1, 0.15) is 5.82 Å². The second-order valence-corrected chi connectivity index (χ2v) is 3.30. The van der Waals surface area contributed by atoms with Gasteiger partial charge in [0.05, 0.1) is 5.52 Å². The summed E-state index contributed by atoms with van der Waals surface area (Å²) in [6.07, 6.45) is 3.74. The summed E-state index contributed by atoms with van der Waals surface area (Å²) in [7, 11) is 0. The lowest BCUT2D eigenvalue weighted by molar-refractivity contribution is 1.01. The van der Waals surface area contributed by atoms with Gasteiger partial charge in [0.15, 0.2) is 0 Å². The molecule has 0 aliphatic heterocycles. The van der Waals surface area contributed by atoms with Gasteiger partial charge in [-0.25, -0.2) is 9.97 Å². The average Bonchev–Trinajstić information content (AvgIpc) is 2.67. The molecule has 3 rings (SSSR count). The molecule has 0 fully saturated rings. The van der Waals surface area contributed by atoms with E-state index in [0.29, 0.717) is 0 Å². The van der Waals surface area contributed by atoms with Crippen LogP contribution in [0.3, 0.4) is 0 Å². The zero-order valence-electron chi connectivity index (χ0n) is 7.81. The van der Waals surface area contributed by atoms with Crippen LogP contribution in [0.2, 0.25) is 0 Å². The molecule has 0 aliphatic rings. The van der Waals surface area contributed by atoms with E-state index in [1.807, 2.05) is 41.8 Å². The van der Waals surface area contributed by atoms with E-state index in [-0.39, 0.29) is 0 Å². The van der Waals surface area contributed by atoms with Gasteiger partial charge in [-0.05, 0) is 19.1 Å². The predicted molar refractivity (Wildman–Crippen MR) is 55.2 cm³/mol. The maximum absolute atomic E-state index is 4.50. The van der Waals surface area contributed by atoms with Crippen LogP contribution in [0.15, 0.2) is 36.7 Å². The first-order chi connectivity index (χ1) is 6.86. The van der Waals surface area contributed by atoms with Crippen molar-refractivity contribution in [2.45, 2.75) is 6.92 Å². The Morgan fingerprint density at radius 3 is 3.00 bits per heavy atom. The number of para-hydroxylation sites is 1. The predicted octanol–water partition coefficient (Wildman–Crippen LogP) is 2.19. The molecule has 1 aromatic carbocycles. The topological polar surface area (TPSA) is 30.2 Å². The number of aryl methyl sites for hydroxylation is 1. The molecule has 0 aliphatic carbocycles. The van der Waals surface area contributed by atoms with Gasteiger partial charge < -0.3 is 0 Å². The third kappa shape index (κ3) is 0.865. The molecule has 0 spiro atoms. The maximum Gasteiger partial charge on any atom is 0.147 e. The van der Waals surface area contributed by atoms with Crippen molar-refractivity contribution in [2.24, 2.45) is 0 Å². The third-order valence-electron chi connectivity index (χ3n) is 2.42. The highest BCUT2D eigenvalue weighted by molar-refractivity contribution is 5.91. The first kappa shape index (κ1) is 7.50. The number of hydrogen-bond donors (Lipinski definition) is 0. The van der Waals surface area contributed by atoms with E-state index in [4.69, 9.17) is 0 Å². The van der Waals surface area contributed by atoms with Gasteiger partial charge in [0.1, 0.15) is 11.5 Å². The molecule has 3 heteroatoms. The van der Waals surface area contributed by atoms with Gasteiger partial charge in [-0.3, -0.25) is 4.40 Å². The summed E-state index contributed by atoms with van der Waals surface area (Å²) >= 11 is 0. The van der Waals surface area contributed by atoms with Crippen molar-refractivity contribution < 1.29 is 0 Å². The summed E-state index contributed by atoms with van der Waals surface area (Å²) < 4.78 is 2.00. The van der Waals surface area contributed by atoms with Crippen LogP contribution >= 0.6 is 0 Å². The van der Waals surface area contributed by atoms with Gasteiger partial charge >= 0.3 is 0 Å². The summed E-state index contributed by atoms with van der Waals surface area (Å²) in [5.41, 5.74) is 1.98. The Morgan fingerprint density at radius 2 is 2.07 bits per heavy atom. The summed E-state index contributed by atoms with van der Waals surface area (Å²) in [6, 6.07) is 8.06. The van der Waals surface area contributed by atoms with Crippen molar-refractivity contribution in [2.75, 3.05) is 0 Å². The molecule has 2 aromatic heterocycles. The quantitative estimate of drug-likeness (QED) is 0.534. The second kappa shape index (κ2) is 2.54. The van der Waals surface area contributed by atoms with Crippen LogP contribution in [-0.4, -0.2) is 14.4 Å². The van der Waals surface area contributed by atoms with Crippen LogP contribution in [0.25, 0.3) is 16.6 Å². The Balaban J connectivity index is 2.66. The minimum absolute atomic E-state index is 0.969. The summed E-state index contributed by atoms with van der Waals surface area (Å²) in [4.78, 5) is 8.83. The third-order valence-corrected chi connectivity index (χ3v) is 2.42. The molecule has 0 saturated heterocycles. The molecule has 0 unspecified atom stereocenters. The lowest BCUT2D eigenvalue weighted by atomic mass is 10.2. The first-order valence-corrected chi connectivity index (χ1v) is 4.55. The van der Waals surface area contributed by atoms with Crippen LogP contribution in [0, 0.1) is 6.92 Å². The molecule has 0 radical (unpaired) electrons. The van der Waals surface area contributed by atoms with E-state index in [9.17, 15) is 0 Å². The number of imidazole rings is 1. The molecule has 0 atom stereocenters. The van der Waals surface area contributed by atoms with Crippen LogP contribution in [0.4, 0.5) is 0 Å². The van der Waals surface area contributed by atoms with E-state index in [0.717, 1.165) is 22.4 Å². The van der Waals surface area contributed by atoms with Gasteiger partial charge in [0.2, 0.25) is 0 Å². The SMILES string of the molecule is Cc1nc2ccccc2c2nccn12. The van der Waals surface area contributed by atoms with E-state index >= 15 is 0 Å². The van der Waals surface area contributed by atoms with Crippen molar-refractivity contribution in [1.82, 2.24) is 14.4 Å². The zero-order chi connectivity index (χ0) is 9.54. The fraction of sp³-hybridized carbons (Fsp3) is 0.0909. The van der Waals surface area contributed by atoms with Gasteiger partial charge in [0, 0.05) is 17.8 Å². The zero-order valence-corrected chi connectivity index (χ0v) is 7.81. The Hall–Kier alpha value is -1.90. The Morgan fingerprint density at radius 1 is 1.21 bits per heavy atom. The monoisotopic (exact) mass is 183 g/mol. The largest absolute Gasteiger partial charge is 0.288 e.